The third-order valence-corrected chi connectivity index (χ3v) is 3.74. The van der Waals surface area contributed by atoms with Gasteiger partial charge in [0.15, 0.2) is 6.10 Å². The molecular weight excluding hydrogens is 298 g/mol. The van der Waals surface area contributed by atoms with E-state index in [4.69, 9.17) is 14.6 Å². The van der Waals surface area contributed by atoms with Crippen molar-refractivity contribution in [1.82, 2.24) is 4.90 Å². The predicted molar refractivity (Wildman–Crippen MR) is 84.5 cm³/mol. The minimum atomic E-state index is -1.02. The molecule has 0 unspecified atom stereocenters. The van der Waals surface area contributed by atoms with Crippen molar-refractivity contribution in [3.63, 3.8) is 0 Å². The molecule has 23 heavy (non-hydrogen) atoms. The average Bonchev–Trinajstić information content (AvgIpc) is 2.54. The van der Waals surface area contributed by atoms with Crippen molar-refractivity contribution in [3.8, 4) is 5.75 Å². The maximum Gasteiger partial charge on any atom is 0.334 e. The van der Waals surface area contributed by atoms with Gasteiger partial charge in [-0.3, -0.25) is 4.79 Å². The molecule has 1 saturated heterocycles. The molecule has 0 aliphatic carbocycles. The van der Waals surface area contributed by atoms with Crippen molar-refractivity contribution in [2.24, 2.45) is 0 Å². The quantitative estimate of drug-likeness (QED) is 0.776. The average molecular weight is 321 g/mol. The third kappa shape index (κ3) is 5.56. The maximum atomic E-state index is 12.1. The van der Waals surface area contributed by atoms with Crippen molar-refractivity contribution in [2.45, 2.75) is 32.3 Å². The number of hydrogen-bond acceptors (Lipinski definition) is 4. The van der Waals surface area contributed by atoms with Gasteiger partial charge in [-0.15, -0.1) is 0 Å². The summed E-state index contributed by atoms with van der Waals surface area (Å²) in [6.07, 6.45) is 1.01. The van der Waals surface area contributed by atoms with Crippen LogP contribution in [0.4, 0.5) is 0 Å². The monoisotopic (exact) mass is 321 g/mol. The van der Waals surface area contributed by atoms with E-state index < -0.39 is 12.1 Å². The van der Waals surface area contributed by atoms with Gasteiger partial charge in [0.05, 0.1) is 19.8 Å². The highest BCUT2D eigenvalue weighted by molar-refractivity contribution is 5.78. The molecule has 1 fully saturated rings. The van der Waals surface area contributed by atoms with E-state index in [2.05, 4.69) is 0 Å². The molecule has 126 valence electrons. The van der Waals surface area contributed by atoms with E-state index in [1.54, 1.807) is 4.90 Å². The van der Waals surface area contributed by atoms with Gasteiger partial charge in [-0.2, -0.15) is 0 Å². The van der Waals surface area contributed by atoms with Gasteiger partial charge in [-0.1, -0.05) is 12.1 Å². The molecule has 1 aromatic carbocycles. The van der Waals surface area contributed by atoms with Gasteiger partial charge >= 0.3 is 5.97 Å². The summed E-state index contributed by atoms with van der Waals surface area (Å²) >= 11 is 0. The lowest BCUT2D eigenvalue weighted by molar-refractivity contribution is -0.159. The van der Waals surface area contributed by atoms with E-state index in [0.29, 0.717) is 19.6 Å². The third-order valence-electron chi connectivity index (χ3n) is 3.74. The van der Waals surface area contributed by atoms with Crippen LogP contribution in [0.1, 0.15) is 24.8 Å². The second kappa shape index (κ2) is 8.53. The summed E-state index contributed by atoms with van der Waals surface area (Å²) in [6, 6.07) is 7.85. The number of amides is 1. The zero-order valence-electron chi connectivity index (χ0n) is 13.4. The zero-order valence-corrected chi connectivity index (χ0v) is 13.4. The van der Waals surface area contributed by atoms with Gasteiger partial charge in [-0.25, -0.2) is 4.79 Å². The number of aryl methyl sites for hydroxylation is 1. The lowest BCUT2D eigenvalue weighted by atomic mass is 10.2. The molecule has 0 bridgehead atoms. The summed E-state index contributed by atoms with van der Waals surface area (Å²) in [5.41, 5.74) is 1.15. The fourth-order valence-corrected chi connectivity index (χ4v) is 2.46. The van der Waals surface area contributed by atoms with E-state index in [0.717, 1.165) is 24.2 Å². The number of aliphatic carboxylic acids is 1. The lowest BCUT2D eigenvalue weighted by Gasteiger charge is -2.30. The Morgan fingerprint density at radius 3 is 2.96 bits per heavy atom. The normalized spacial score (nSPS) is 17.8. The number of carboxylic acids is 1. The highest BCUT2D eigenvalue weighted by Gasteiger charge is 2.28. The summed E-state index contributed by atoms with van der Waals surface area (Å²) < 4.78 is 10.7. The standard InChI is InChI=1S/C17H23NO5/c1-13-5-4-6-14(11-13)22-9-3-2-7-16(19)18-8-10-23-15(12-18)17(20)21/h4-6,11,15H,2-3,7-10,12H2,1H3,(H,20,21)/t15-/m0/s1. The van der Waals surface area contributed by atoms with Crippen LogP contribution in [0, 0.1) is 6.92 Å². The molecule has 1 heterocycles. The largest absolute Gasteiger partial charge is 0.494 e. The van der Waals surface area contributed by atoms with Crippen molar-refractivity contribution < 1.29 is 24.2 Å². The molecule has 1 aliphatic rings. The van der Waals surface area contributed by atoms with Crippen LogP contribution in [-0.4, -0.2) is 54.3 Å². The van der Waals surface area contributed by atoms with Crippen LogP contribution < -0.4 is 4.74 Å². The Balaban J connectivity index is 1.64. The Morgan fingerprint density at radius 2 is 2.22 bits per heavy atom. The second-order valence-corrected chi connectivity index (χ2v) is 5.66. The molecule has 1 amide bonds. The first-order chi connectivity index (χ1) is 11.1. The molecule has 0 spiro atoms. The Hall–Kier alpha value is -2.08. The van der Waals surface area contributed by atoms with Crippen molar-refractivity contribution >= 4 is 11.9 Å². The summed E-state index contributed by atoms with van der Waals surface area (Å²) in [4.78, 5) is 24.6. The second-order valence-electron chi connectivity index (χ2n) is 5.66. The van der Waals surface area contributed by atoms with Crippen LogP contribution in [0.5, 0.6) is 5.75 Å². The first-order valence-corrected chi connectivity index (χ1v) is 7.88. The summed E-state index contributed by atoms with van der Waals surface area (Å²) in [7, 11) is 0. The molecule has 1 aliphatic heterocycles. The van der Waals surface area contributed by atoms with Gasteiger partial charge < -0.3 is 19.5 Å². The molecule has 0 saturated carbocycles. The molecule has 1 N–H and O–H groups in total. The van der Waals surface area contributed by atoms with E-state index in [1.165, 1.54) is 0 Å². The van der Waals surface area contributed by atoms with Gasteiger partial charge in [0.1, 0.15) is 5.75 Å². The van der Waals surface area contributed by atoms with Gasteiger partial charge in [0.2, 0.25) is 5.91 Å². The van der Waals surface area contributed by atoms with Gasteiger partial charge in [0.25, 0.3) is 0 Å². The number of benzene rings is 1. The topological polar surface area (TPSA) is 76.1 Å². The van der Waals surface area contributed by atoms with Crippen molar-refractivity contribution in [2.75, 3.05) is 26.3 Å². The fraction of sp³-hybridized carbons (Fsp3) is 0.529. The number of rotatable bonds is 7. The van der Waals surface area contributed by atoms with E-state index in [1.807, 2.05) is 31.2 Å². The van der Waals surface area contributed by atoms with Gasteiger partial charge in [0, 0.05) is 13.0 Å². The molecule has 0 radical (unpaired) electrons. The summed E-state index contributed by atoms with van der Waals surface area (Å²) in [5, 5.41) is 8.93. The highest BCUT2D eigenvalue weighted by atomic mass is 16.5. The predicted octanol–water partition coefficient (Wildman–Crippen LogP) is 1.86. The minimum absolute atomic E-state index is 0.0184. The Morgan fingerprint density at radius 1 is 1.39 bits per heavy atom. The molecule has 1 aromatic rings. The number of carboxylic acid groups (broad SMARTS) is 1. The van der Waals surface area contributed by atoms with Gasteiger partial charge in [-0.05, 0) is 37.5 Å². The van der Waals surface area contributed by atoms with Crippen LogP contribution in [0.2, 0.25) is 0 Å². The number of ether oxygens (including phenoxy) is 2. The number of carbonyl (C=O) groups excluding carboxylic acids is 1. The Kier molecular flexibility index (Phi) is 6.40. The maximum absolute atomic E-state index is 12.1. The molecule has 6 nitrogen and oxygen atoms in total. The number of hydrogen-bond donors (Lipinski definition) is 1. The first-order valence-electron chi connectivity index (χ1n) is 7.88. The minimum Gasteiger partial charge on any atom is -0.494 e. The van der Waals surface area contributed by atoms with Crippen LogP contribution in [-0.2, 0) is 14.3 Å². The number of carbonyl (C=O) groups is 2. The Bertz CT molecular complexity index is 546. The number of unbranched alkanes of at least 4 members (excludes halogenated alkanes) is 1. The summed E-state index contributed by atoms with van der Waals surface area (Å²) in [6.45, 7) is 3.45. The number of nitrogens with zero attached hydrogens (tertiary/aromatic N) is 1. The molecule has 1 atom stereocenters. The molecule has 6 heteroatoms. The zero-order chi connectivity index (χ0) is 16.7. The van der Waals surface area contributed by atoms with Crippen LogP contribution >= 0.6 is 0 Å². The van der Waals surface area contributed by atoms with Crippen LogP contribution in [0.15, 0.2) is 24.3 Å². The van der Waals surface area contributed by atoms with E-state index >= 15 is 0 Å². The van der Waals surface area contributed by atoms with E-state index in [-0.39, 0.29) is 19.1 Å². The molecule has 0 aromatic heterocycles. The first kappa shape index (κ1) is 17.3. The summed E-state index contributed by atoms with van der Waals surface area (Å²) in [5.74, 6) is -0.196. The van der Waals surface area contributed by atoms with Crippen molar-refractivity contribution in [3.05, 3.63) is 29.8 Å². The van der Waals surface area contributed by atoms with E-state index in [9.17, 15) is 9.59 Å². The smallest absolute Gasteiger partial charge is 0.334 e. The number of morpholine rings is 1. The Labute approximate surface area is 136 Å². The van der Waals surface area contributed by atoms with Crippen molar-refractivity contribution in [1.29, 1.82) is 0 Å². The molecule has 2 rings (SSSR count). The highest BCUT2D eigenvalue weighted by Crippen LogP contribution is 2.13. The van der Waals surface area contributed by atoms with Crippen LogP contribution in [0.25, 0.3) is 0 Å². The SMILES string of the molecule is Cc1cccc(OCCCCC(=O)N2CCO[C@H](C(=O)O)C2)c1. The fourth-order valence-electron chi connectivity index (χ4n) is 2.46. The lowest BCUT2D eigenvalue weighted by Crippen LogP contribution is -2.48. The molecular formula is C17H23NO5. The van der Waals surface area contributed by atoms with Crippen LogP contribution in [0.3, 0.4) is 0 Å².